The van der Waals surface area contributed by atoms with Crippen molar-refractivity contribution in [2.45, 2.75) is 38.5 Å². The molecular formula is C68H48N2O3. The average molecular weight is 941 g/mol. The number of fused-ring (bicyclic) bond motifs is 15. The Labute approximate surface area is 422 Å². The van der Waals surface area contributed by atoms with Crippen LogP contribution < -0.4 is 9.80 Å². The zero-order chi connectivity index (χ0) is 48.7. The second-order valence-corrected chi connectivity index (χ2v) is 20.8. The molecule has 5 heteroatoms. The Bertz CT molecular complexity index is 4440. The van der Waals surface area contributed by atoms with Crippen LogP contribution in [0.15, 0.2) is 232 Å². The fraction of sp³-hybridized carbons (Fsp3) is 0.0882. The van der Waals surface area contributed by atoms with E-state index >= 15 is 0 Å². The lowest BCUT2D eigenvalue weighted by Gasteiger charge is -2.32. The normalized spacial score (nSPS) is 14.5. The lowest BCUT2D eigenvalue weighted by Crippen LogP contribution is -2.21. The van der Waals surface area contributed by atoms with Gasteiger partial charge in [0.2, 0.25) is 0 Å². The SMILES string of the molecule is CC1(C)C2=C(c3c1cc(N(c1cccc(N(c4ccccc4)c4ccc(-c5ccccc5)cc4)c1)c1cccc4c1oc1ccccc14)c1oc4ccccc4c31)C(C)(C)c1c2ccc2oc3ccccc3c12. The van der Waals surface area contributed by atoms with Crippen LogP contribution in [0, 0.1) is 0 Å². The number of benzene rings is 10. The summed E-state index contributed by atoms with van der Waals surface area (Å²) in [6.45, 7) is 9.66. The first kappa shape index (κ1) is 41.7. The molecule has 0 saturated carbocycles. The maximum atomic E-state index is 7.32. The second kappa shape index (κ2) is 15.2. The summed E-state index contributed by atoms with van der Waals surface area (Å²) in [5, 5.41) is 6.71. The Morgan fingerprint density at radius 1 is 0.342 bits per heavy atom. The standard InChI is InChI=1S/C68H48N2O3/c1-67(2)52-40-54(66-60(50-27-13-16-32-57(50)73-66)61(52)64-63(67)51-37-38-58-59(62(51)68(64,3)4)49-26-12-15-31-56(49)71-58)70(53-29-18-28-48-47-25-11-14-30-55(47)72-65(48)53)46-24-17-23-45(39-46)69(43-21-9-6-10-22-43)44-35-33-42(34-36-44)41-19-7-5-8-20-41/h5-40H,1-4H3. The summed E-state index contributed by atoms with van der Waals surface area (Å²) in [6.07, 6.45) is 0. The molecule has 0 radical (unpaired) electrons. The lowest BCUT2D eigenvalue weighted by molar-refractivity contribution is 0.663. The molecule has 0 spiro atoms. The molecule has 0 N–H and O–H groups in total. The highest BCUT2D eigenvalue weighted by molar-refractivity contribution is 6.25. The highest BCUT2D eigenvalue weighted by atomic mass is 16.3. The topological polar surface area (TPSA) is 45.9 Å². The van der Waals surface area contributed by atoms with Gasteiger partial charge in [-0.2, -0.15) is 0 Å². The number of allylic oxidation sites excluding steroid dienone is 2. The van der Waals surface area contributed by atoms with Crippen molar-refractivity contribution in [3.63, 3.8) is 0 Å². The molecule has 348 valence electrons. The van der Waals surface area contributed by atoms with Gasteiger partial charge in [0.1, 0.15) is 22.3 Å². The van der Waals surface area contributed by atoms with Crippen molar-refractivity contribution in [3.05, 3.63) is 241 Å². The lowest BCUT2D eigenvalue weighted by atomic mass is 9.73. The van der Waals surface area contributed by atoms with Gasteiger partial charge in [0.25, 0.3) is 0 Å². The van der Waals surface area contributed by atoms with E-state index in [9.17, 15) is 0 Å². The average Bonchev–Trinajstić information content (AvgIpc) is 4.22. The van der Waals surface area contributed by atoms with Gasteiger partial charge in [-0.15, -0.1) is 0 Å². The highest BCUT2D eigenvalue weighted by Gasteiger charge is 2.52. The molecule has 0 bridgehead atoms. The van der Waals surface area contributed by atoms with E-state index in [4.69, 9.17) is 13.3 Å². The van der Waals surface area contributed by atoms with E-state index in [1.165, 1.54) is 49.9 Å². The molecule has 10 aromatic carbocycles. The highest BCUT2D eigenvalue weighted by Crippen LogP contribution is 2.67. The summed E-state index contributed by atoms with van der Waals surface area (Å²) < 4.78 is 20.8. The zero-order valence-electron chi connectivity index (χ0n) is 40.9. The summed E-state index contributed by atoms with van der Waals surface area (Å²) in [5.41, 5.74) is 20.5. The Morgan fingerprint density at radius 3 is 1.63 bits per heavy atom. The first-order valence-corrected chi connectivity index (χ1v) is 25.2. The summed E-state index contributed by atoms with van der Waals surface area (Å²) in [4.78, 5) is 4.73. The van der Waals surface area contributed by atoms with E-state index in [1.807, 2.05) is 6.07 Å². The molecule has 3 aromatic heterocycles. The molecule has 13 aromatic rings. The largest absolute Gasteiger partial charge is 0.456 e. The third kappa shape index (κ3) is 5.91. The van der Waals surface area contributed by atoms with E-state index in [1.54, 1.807) is 0 Å². The number of hydrogen-bond donors (Lipinski definition) is 0. The fourth-order valence-corrected chi connectivity index (χ4v) is 12.8. The Balaban J connectivity index is 0.993. The number of hydrogen-bond acceptors (Lipinski definition) is 5. The van der Waals surface area contributed by atoms with Crippen molar-refractivity contribution in [3.8, 4) is 11.1 Å². The maximum Gasteiger partial charge on any atom is 0.160 e. The Kier molecular flexibility index (Phi) is 8.70. The summed E-state index contributed by atoms with van der Waals surface area (Å²) >= 11 is 0. The molecular weight excluding hydrogens is 893 g/mol. The number of rotatable bonds is 7. The minimum atomic E-state index is -0.406. The van der Waals surface area contributed by atoms with Crippen molar-refractivity contribution in [1.82, 2.24) is 0 Å². The molecule has 5 nitrogen and oxygen atoms in total. The van der Waals surface area contributed by atoms with Gasteiger partial charge in [0.05, 0.1) is 11.4 Å². The van der Waals surface area contributed by atoms with Crippen LogP contribution in [0.3, 0.4) is 0 Å². The third-order valence-electron chi connectivity index (χ3n) is 15.9. The van der Waals surface area contributed by atoms with Gasteiger partial charge in [-0.1, -0.05) is 167 Å². The molecule has 2 aliphatic carbocycles. The smallest absolute Gasteiger partial charge is 0.160 e. The van der Waals surface area contributed by atoms with Gasteiger partial charge in [-0.05, 0) is 123 Å². The number of furan rings is 3. The summed E-state index contributed by atoms with van der Waals surface area (Å²) in [6, 6.07) is 77.8. The van der Waals surface area contributed by atoms with Crippen LogP contribution in [-0.4, -0.2) is 0 Å². The van der Waals surface area contributed by atoms with E-state index in [0.717, 1.165) is 94.6 Å². The van der Waals surface area contributed by atoms with Crippen molar-refractivity contribution >= 4 is 111 Å². The first-order valence-electron chi connectivity index (χ1n) is 25.2. The zero-order valence-corrected chi connectivity index (χ0v) is 40.9. The van der Waals surface area contributed by atoms with Crippen molar-refractivity contribution in [2.75, 3.05) is 9.80 Å². The quantitative estimate of drug-likeness (QED) is 0.159. The molecule has 15 rings (SSSR count). The van der Waals surface area contributed by atoms with E-state index in [2.05, 4.69) is 250 Å². The van der Waals surface area contributed by atoms with Gasteiger partial charge >= 0.3 is 0 Å². The van der Waals surface area contributed by atoms with Crippen LogP contribution in [0.4, 0.5) is 34.1 Å². The molecule has 0 atom stereocenters. The molecule has 0 amide bonds. The molecule has 0 aliphatic heterocycles. The van der Waals surface area contributed by atoms with Crippen LogP contribution in [0.1, 0.15) is 49.9 Å². The first-order chi connectivity index (χ1) is 35.7. The molecule has 0 unspecified atom stereocenters. The molecule has 3 heterocycles. The summed E-state index contributed by atoms with van der Waals surface area (Å²) in [5.74, 6) is 0. The maximum absolute atomic E-state index is 7.32. The third-order valence-corrected chi connectivity index (χ3v) is 15.9. The van der Waals surface area contributed by atoms with E-state index in [0.29, 0.717) is 0 Å². The Morgan fingerprint density at radius 2 is 0.890 bits per heavy atom. The minimum Gasteiger partial charge on any atom is -0.456 e. The van der Waals surface area contributed by atoms with Gasteiger partial charge in [0, 0.05) is 65.9 Å². The van der Waals surface area contributed by atoms with Crippen LogP contribution in [0.2, 0.25) is 0 Å². The number of anilines is 6. The monoisotopic (exact) mass is 940 g/mol. The van der Waals surface area contributed by atoms with E-state index < -0.39 is 5.41 Å². The number of para-hydroxylation sites is 5. The minimum absolute atomic E-state index is 0.375. The number of nitrogens with zero attached hydrogens (tertiary/aromatic N) is 2. The second-order valence-electron chi connectivity index (χ2n) is 20.8. The van der Waals surface area contributed by atoms with E-state index in [-0.39, 0.29) is 5.41 Å². The predicted octanol–water partition coefficient (Wildman–Crippen LogP) is 19.5. The van der Waals surface area contributed by atoms with Crippen LogP contribution >= 0.6 is 0 Å². The molecule has 73 heavy (non-hydrogen) atoms. The van der Waals surface area contributed by atoms with Gasteiger partial charge < -0.3 is 23.1 Å². The Hall–Kier alpha value is -9.06. The summed E-state index contributed by atoms with van der Waals surface area (Å²) in [7, 11) is 0. The fourth-order valence-electron chi connectivity index (χ4n) is 12.8. The molecule has 0 saturated heterocycles. The van der Waals surface area contributed by atoms with Crippen molar-refractivity contribution in [2.24, 2.45) is 0 Å². The van der Waals surface area contributed by atoms with Crippen LogP contribution in [0.5, 0.6) is 0 Å². The van der Waals surface area contributed by atoms with Crippen molar-refractivity contribution < 1.29 is 13.3 Å². The van der Waals surface area contributed by atoms with Gasteiger partial charge in [-0.3, -0.25) is 0 Å². The predicted molar refractivity (Wildman–Crippen MR) is 302 cm³/mol. The van der Waals surface area contributed by atoms with Crippen molar-refractivity contribution in [1.29, 1.82) is 0 Å². The van der Waals surface area contributed by atoms with Gasteiger partial charge in [0.15, 0.2) is 11.2 Å². The molecule has 2 aliphatic rings. The molecule has 0 fully saturated rings. The van der Waals surface area contributed by atoms with Crippen LogP contribution in [-0.2, 0) is 10.8 Å². The van der Waals surface area contributed by atoms with Gasteiger partial charge in [-0.25, -0.2) is 0 Å². The van der Waals surface area contributed by atoms with Crippen LogP contribution in [0.25, 0.3) is 88.1 Å².